The average Bonchev–Trinajstić information content (AvgIpc) is 3.10. The van der Waals surface area contributed by atoms with Crippen molar-refractivity contribution < 1.29 is 22.3 Å². The summed E-state index contributed by atoms with van der Waals surface area (Å²) in [5.41, 5.74) is 8.96. The van der Waals surface area contributed by atoms with Gasteiger partial charge in [-0.05, 0) is 56.0 Å². The second kappa shape index (κ2) is 10.3. The molecule has 0 aliphatic rings. The molecule has 7 nitrogen and oxygen atoms in total. The second-order valence-electron chi connectivity index (χ2n) is 9.87. The van der Waals surface area contributed by atoms with Gasteiger partial charge in [0.1, 0.15) is 22.9 Å². The zero-order valence-corrected chi connectivity index (χ0v) is 22.3. The van der Waals surface area contributed by atoms with Gasteiger partial charge in [-0.25, -0.2) is 22.2 Å². The zero-order valence-electron chi connectivity index (χ0n) is 21.5. The molecule has 4 rings (SSSR count). The van der Waals surface area contributed by atoms with Crippen molar-refractivity contribution in [2.45, 2.75) is 37.7 Å². The Bertz CT molecular complexity index is 1680. The number of para-hydroxylation sites is 1. The first-order valence-electron chi connectivity index (χ1n) is 11.8. The Hall–Kier alpha value is -3.65. The number of fused-ring (bicyclic) bond motifs is 1. The molecule has 0 unspecified atom stereocenters. The van der Waals surface area contributed by atoms with Crippen molar-refractivity contribution in [3.8, 4) is 23.0 Å². The van der Waals surface area contributed by atoms with Crippen molar-refractivity contribution in [3.63, 3.8) is 0 Å². The van der Waals surface area contributed by atoms with Gasteiger partial charge in [-0.3, -0.25) is 4.68 Å². The van der Waals surface area contributed by atoms with E-state index in [2.05, 4.69) is 21.9 Å². The number of benzene rings is 2. The third kappa shape index (κ3) is 6.42. The van der Waals surface area contributed by atoms with Crippen LogP contribution in [0.2, 0.25) is 0 Å². The summed E-state index contributed by atoms with van der Waals surface area (Å²) in [6, 6.07) is 11.4. The molecule has 2 heterocycles. The van der Waals surface area contributed by atoms with Gasteiger partial charge in [0.15, 0.2) is 9.84 Å². The minimum Gasteiger partial charge on any atom is -0.378 e. The predicted molar refractivity (Wildman–Crippen MR) is 143 cm³/mol. The maximum Gasteiger partial charge on any atom is 0.153 e. The van der Waals surface area contributed by atoms with Crippen molar-refractivity contribution in [2.24, 2.45) is 12.8 Å². The number of sulfone groups is 1. The summed E-state index contributed by atoms with van der Waals surface area (Å²) in [5.74, 6) is 3.95. The van der Waals surface area contributed by atoms with E-state index in [1.54, 1.807) is 49.8 Å². The minimum absolute atomic E-state index is 0.0950. The van der Waals surface area contributed by atoms with E-state index in [1.165, 1.54) is 12.1 Å². The summed E-state index contributed by atoms with van der Waals surface area (Å²) in [6.45, 7) is 3.10. The van der Waals surface area contributed by atoms with Gasteiger partial charge < -0.3 is 10.8 Å². The lowest BCUT2D eigenvalue weighted by molar-refractivity contribution is 0.143. The summed E-state index contributed by atoms with van der Waals surface area (Å²) in [7, 11) is -1.60. The van der Waals surface area contributed by atoms with Crippen molar-refractivity contribution in [3.05, 3.63) is 82.8 Å². The quantitative estimate of drug-likeness (QED) is 0.361. The molecule has 0 spiro atoms. The molecular formula is C28H28F2N4O3S. The summed E-state index contributed by atoms with van der Waals surface area (Å²) in [4.78, 5) is 4.67. The lowest BCUT2D eigenvalue weighted by atomic mass is 9.94. The number of hydrogen-bond acceptors (Lipinski definition) is 6. The molecule has 10 heteroatoms. The number of hydrogen-bond donors (Lipinski definition) is 2. The molecule has 0 radical (unpaired) electrons. The molecular weight excluding hydrogens is 510 g/mol. The Morgan fingerprint density at radius 1 is 1.11 bits per heavy atom. The van der Waals surface area contributed by atoms with Crippen LogP contribution < -0.4 is 5.73 Å². The number of pyridine rings is 1. The van der Waals surface area contributed by atoms with Crippen LogP contribution in [-0.4, -0.2) is 40.1 Å². The second-order valence-corrected chi connectivity index (χ2v) is 12.0. The van der Waals surface area contributed by atoms with E-state index in [4.69, 9.17) is 5.73 Å². The maximum atomic E-state index is 13.8. The van der Waals surface area contributed by atoms with Gasteiger partial charge in [-0.1, -0.05) is 24.1 Å². The number of nitrogens with two attached hydrogens (primary N) is 1. The molecule has 0 bridgehead atoms. The van der Waals surface area contributed by atoms with Crippen LogP contribution in [0.15, 0.2) is 48.5 Å². The molecule has 0 saturated heterocycles. The van der Waals surface area contributed by atoms with Crippen LogP contribution in [0.5, 0.6) is 0 Å². The zero-order chi connectivity index (χ0) is 27.8. The van der Waals surface area contributed by atoms with Crippen LogP contribution in [0.4, 0.5) is 8.78 Å². The number of halogens is 2. The minimum atomic E-state index is -3.33. The highest BCUT2D eigenvalue weighted by Crippen LogP contribution is 2.35. The Morgan fingerprint density at radius 2 is 1.79 bits per heavy atom. The normalized spacial score (nSPS) is 12.8. The van der Waals surface area contributed by atoms with E-state index in [9.17, 15) is 22.3 Å². The van der Waals surface area contributed by atoms with E-state index in [-0.39, 0.29) is 12.2 Å². The van der Waals surface area contributed by atoms with Crippen molar-refractivity contribution in [1.29, 1.82) is 0 Å². The third-order valence-corrected chi connectivity index (χ3v) is 6.58. The maximum absolute atomic E-state index is 13.8. The van der Waals surface area contributed by atoms with Crippen molar-refractivity contribution in [2.75, 3.05) is 6.26 Å². The average molecular weight is 539 g/mol. The standard InChI is InChI=1S/C28H28F2N4O3S/c1-28(2,35)11-10-20-8-9-21(26(32-20)24(31)14-17-12-18(29)15-19(30)13-17)22-6-5-7-23-25(16-38(4,36)37)33-34(3)27(22)23/h5-9,12-13,15,24,35H,14,16,31H2,1-4H3/t24-/m0/s1. The van der Waals surface area contributed by atoms with Crippen LogP contribution >= 0.6 is 0 Å². The molecule has 0 fully saturated rings. The molecule has 3 N–H and O–H groups in total. The Balaban J connectivity index is 1.89. The molecule has 0 aliphatic heterocycles. The molecule has 0 saturated carbocycles. The van der Waals surface area contributed by atoms with Gasteiger partial charge in [0, 0.05) is 35.9 Å². The van der Waals surface area contributed by atoms with Crippen LogP contribution in [0.1, 0.15) is 42.5 Å². The number of aliphatic hydroxyl groups is 1. The molecule has 2 aromatic carbocycles. The number of aryl methyl sites for hydroxylation is 1. The van der Waals surface area contributed by atoms with Gasteiger partial charge in [0.2, 0.25) is 0 Å². The fourth-order valence-corrected chi connectivity index (χ4v) is 5.04. The summed E-state index contributed by atoms with van der Waals surface area (Å²) < 4.78 is 53.3. The summed E-state index contributed by atoms with van der Waals surface area (Å²) in [5, 5.41) is 15.1. The Kier molecular flexibility index (Phi) is 7.39. The molecule has 198 valence electrons. The van der Waals surface area contributed by atoms with E-state index < -0.39 is 33.1 Å². The van der Waals surface area contributed by atoms with E-state index >= 15 is 0 Å². The Labute approximate surface area is 220 Å². The molecule has 1 atom stereocenters. The van der Waals surface area contributed by atoms with Crippen molar-refractivity contribution in [1.82, 2.24) is 14.8 Å². The lowest BCUT2D eigenvalue weighted by Crippen LogP contribution is -2.17. The number of nitrogens with zero attached hydrogens (tertiary/aromatic N) is 3. The first kappa shape index (κ1) is 27.4. The van der Waals surface area contributed by atoms with Gasteiger partial charge in [-0.2, -0.15) is 5.10 Å². The summed E-state index contributed by atoms with van der Waals surface area (Å²) in [6.07, 6.45) is 1.25. The van der Waals surface area contributed by atoms with Crippen LogP contribution in [0, 0.1) is 23.5 Å². The van der Waals surface area contributed by atoms with Gasteiger partial charge in [0.25, 0.3) is 0 Å². The first-order valence-corrected chi connectivity index (χ1v) is 13.9. The number of rotatable bonds is 6. The van der Waals surface area contributed by atoms with Gasteiger partial charge >= 0.3 is 0 Å². The summed E-state index contributed by atoms with van der Waals surface area (Å²) >= 11 is 0. The SMILES string of the molecule is Cn1nc(CS(C)(=O)=O)c2cccc(-c3ccc(C#CC(C)(C)O)nc3[C@@H](N)Cc3cc(F)cc(F)c3)c21. The topological polar surface area (TPSA) is 111 Å². The third-order valence-electron chi connectivity index (χ3n) is 5.78. The van der Waals surface area contributed by atoms with Gasteiger partial charge in [0.05, 0.1) is 28.7 Å². The predicted octanol–water partition coefficient (Wildman–Crippen LogP) is 3.82. The van der Waals surface area contributed by atoms with Crippen LogP contribution in [0.3, 0.4) is 0 Å². The molecule has 2 aromatic heterocycles. The molecule has 4 aromatic rings. The largest absolute Gasteiger partial charge is 0.378 e. The van der Waals surface area contributed by atoms with Crippen LogP contribution in [-0.2, 0) is 29.1 Å². The van der Waals surface area contributed by atoms with E-state index in [1.807, 2.05) is 6.07 Å². The Morgan fingerprint density at radius 3 is 2.42 bits per heavy atom. The lowest BCUT2D eigenvalue weighted by Gasteiger charge is -2.18. The van der Waals surface area contributed by atoms with E-state index in [0.29, 0.717) is 44.7 Å². The smallest absolute Gasteiger partial charge is 0.153 e. The van der Waals surface area contributed by atoms with Crippen molar-refractivity contribution >= 4 is 20.7 Å². The highest BCUT2D eigenvalue weighted by Gasteiger charge is 2.22. The van der Waals surface area contributed by atoms with Gasteiger partial charge in [-0.15, -0.1) is 0 Å². The van der Waals surface area contributed by atoms with E-state index in [0.717, 1.165) is 12.3 Å². The highest BCUT2D eigenvalue weighted by atomic mass is 32.2. The number of aromatic nitrogens is 3. The molecule has 0 aliphatic carbocycles. The molecule has 38 heavy (non-hydrogen) atoms. The monoisotopic (exact) mass is 538 g/mol. The van der Waals surface area contributed by atoms with Crippen LogP contribution in [0.25, 0.3) is 22.0 Å². The fraction of sp³-hybridized carbons (Fsp3) is 0.286. The molecule has 0 amide bonds. The highest BCUT2D eigenvalue weighted by molar-refractivity contribution is 7.89. The fourth-order valence-electron chi connectivity index (χ4n) is 4.33. The first-order chi connectivity index (χ1) is 17.7.